The van der Waals surface area contributed by atoms with Crippen LogP contribution in [-0.2, 0) is 14.3 Å². The van der Waals surface area contributed by atoms with E-state index in [0.29, 0.717) is 17.8 Å². The molecular weight excluding hydrogens is 268 g/mol. The topological polar surface area (TPSA) is 55.8 Å². The van der Waals surface area contributed by atoms with Gasteiger partial charge in [-0.3, -0.25) is 0 Å². The highest BCUT2D eigenvalue weighted by molar-refractivity contribution is 5.70. The number of carbonyl (C=O) groups is 1. The normalized spacial score (nSPS) is 48.5. The number of rotatable bonds is 3. The lowest BCUT2D eigenvalue weighted by Gasteiger charge is -2.48. The molecule has 21 heavy (non-hydrogen) atoms. The van der Waals surface area contributed by atoms with Gasteiger partial charge in [0, 0.05) is 6.42 Å². The Morgan fingerprint density at radius 2 is 2.10 bits per heavy atom. The third-order valence-electron chi connectivity index (χ3n) is 6.55. The number of esters is 1. The fourth-order valence-corrected chi connectivity index (χ4v) is 5.17. The third kappa shape index (κ3) is 2.14. The van der Waals surface area contributed by atoms with E-state index in [0.717, 1.165) is 25.2 Å². The van der Waals surface area contributed by atoms with E-state index in [4.69, 9.17) is 14.6 Å². The van der Waals surface area contributed by atoms with Crippen LogP contribution in [-0.4, -0.2) is 35.0 Å². The maximum Gasteiger partial charge on any atom is 0.332 e. The van der Waals surface area contributed by atoms with Gasteiger partial charge in [-0.25, -0.2) is 4.79 Å². The molecule has 120 valence electrons. The van der Waals surface area contributed by atoms with E-state index in [9.17, 15) is 4.79 Å². The maximum absolute atomic E-state index is 11.6. The largest absolute Gasteiger partial charge is 0.457 e. The van der Waals surface area contributed by atoms with Gasteiger partial charge in [-0.15, -0.1) is 0 Å². The van der Waals surface area contributed by atoms with Crippen molar-refractivity contribution >= 4 is 5.97 Å². The summed E-state index contributed by atoms with van der Waals surface area (Å²) < 4.78 is 12.2. The third-order valence-corrected chi connectivity index (χ3v) is 6.55. The van der Waals surface area contributed by atoms with Crippen LogP contribution in [0.5, 0.6) is 0 Å². The number of aliphatic hydroxyl groups is 1. The standard InChI is InChI=1S/C17H28O4/c1-10(2)17-7-12-11(3)5-6-13(12)16(4,21-17)14(8-17)20-15(19)9-18/h10-14,18H,5-9H2,1-4H3. The van der Waals surface area contributed by atoms with E-state index in [1.165, 1.54) is 6.42 Å². The second-order valence-corrected chi connectivity index (χ2v) is 7.88. The van der Waals surface area contributed by atoms with Crippen LogP contribution in [0.25, 0.3) is 0 Å². The van der Waals surface area contributed by atoms with Crippen LogP contribution in [0.4, 0.5) is 0 Å². The minimum absolute atomic E-state index is 0.172. The molecule has 1 N–H and O–H groups in total. The van der Waals surface area contributed by atoms with Crippen LogP contribution in [0.3, 0.4) is 0 Å². The van der Waals surface area contributed by atoms with Crippen LogP contribution >= 0.6 is 0 Å². The highest BCUT2D eigenvalue weighted by Crippen LogP contribution is 2.62. The minimum Gasteiger partial charge on any atom is -0.457 e. The lowest BCUT2D eigenvalue weighted by atomic mass is 9.72. The molecule has 2 saturated heterocycles. The molecule has 2 aliphatic heterocycles. The zero-order chi connectivity index (χ0) is 15.4. The summed E-state index contributed by atoms with van der Waals surface area (Å²) in [6.07, 6.45) is 4.03. The minimum atomic E-state index is -0.550. The molecule has 0 radical (unpaired) electrons. The molecule has 4 heteroatoms. The average molecular weight is 296 g/mol. The van der Waals surface area contributed by atoms with Gasteiger partial charge in [0.15, 0.2) is 0 Å². The van der Waals surface area contributed by atoms with Crippen LogP contribution in [0.15, 0.2) is 0 Å². The van der Waals surface area contributed by atoms with Gasteiger partial charge in [0.2, 0.25) is 0 Å². The molecule has 6 atom stereocenters. The molecule has 0 aromatic rings. The van der Waals surface area contributed by atoms with Crippen molar-refractivity contribution in [3.05, 3.63) is 0 Å². The lowest BCUT2D eigenvalue weighted by Crippen LogP contribution is -2.53. The molecule has 0 amide bonds. The lowest BCUT2D eigenvalue weighted by molar-refractivity contribution is -0.214. The first-order chi connectivity index (χ1) is 9.82. The van der Waals surface area contributed by atoms with Crippen molar-refractivity contribution in [1.82, 2.24) is 0 Å². The molecule has 0 spiro atoms. The van der Waals surface area contributed by atoms with Crippen LogP contribution < -0.4 is 0 Å². The second kappa shape index (κ2) is 4.95. The summed E-state index contributed by atoms with van der Waals surface area (Å²) in [5.41, 5.74) is -0.558. The molecule has 6 unspecified atom stereocenters. The molecular formula is C17H28O4. The predicted molar refractivity (Wildman–Crippen MR) is 78.6 cm³/mol. The molecule has 4 nitrogen and oxygen atoms in total. The van der Waals surface area contributed by atoms with Gasteiger partial charge in [-0.2, -0.15) is 0 Å². The smallest absolute Gasteiger partial charge is 0.332 e. The van der Waals surface area contributed by atoms with Crippen molar-refractivity contribution in [2.24, 2.45) is 23.7 Å². The van der Waals surface area contributed by atoms with E-state index >= 15 is 0 Å². The zero-order valence-corrected chi connectivity index (χ0v) is 13.6. The molecule has 1 aliphatic carbocycles. The fourth-order valence-electron chi connectivity index (χ4n) is 5.17. The van der Waals surface area contributed by atoms with Gasteiger partial charge in [0.25, 0.3) is 0 Å². The first-order valence-electron chi connectivity index (χ1n) is 8.33. The van der Waals surface area contributed by atoms with Gasteiger partial charge in [-0.1, -0.05) is 27.2 Å². The summed E-state index contributed by atoms with van der Waals surface area (Å²) in [7, 11) is 0. The van der Waals surface area contributed by atoms with Crippen molar-refractivity contribution in [3.8, 4) is 0 Å². The summed E-state index contributed by atoms with van der Waals surface area (Å²) in [6, 6.07) is 0. The fraction of sp³-hybridized carbons (Fsp3) is 0.941. The van der Waals surface area contributed by atoms with Crippen molar-refractivity contribution in [2.75, 3.05) is 6.61 Å². The monoisotopic (exact) mass is 296 g/mol. The highest BCUT2D eigenvalue weighted by atomic mass is 16.6. The van der Waals surface area contributed by atoms with Crippen molar-refractivity contribution in [2.45, 2.75) is 70.7 Å². The number of carbonyl (C=O) groups excluding carboxylic acids is 1. The first-order valence-corrected chi connectivity index (χ1v) is 8.33. The molecule has 3 aliphatic rings. The van der Waals surface area contributed by atoms with E-state index in [2.05, 4.69) is 27.7 Å². The molecule has 2 bridgehead atoms. The Balaban J connectivity index is 1.94. The van der Waals surface area contributed by atoms with Crippen LogP contribution in [0, 0.1) is 23.7 Å². The van der Waals surface area contributed by atoms with Gasteiger partial charge in [-0.05, 0) is 43.4 Å². The van der Waals surface area contributed by atoms with E-state index in [-0.39, 0.29) is 17.3 Å². The Kier molecular flexibility index (Phi) is 3.61. The molecule has 0 aromatic heterocycles. The van der Waals surface area contributed by atoms with E-state index in [1.54, 1.807) is 0 Å². The Labute approximate surface area is 127 Å². The molecule has 0 aromatic carbocycles. The molecule has 3 rings (SSSR count). The molecule has 1 saturated carbocycles. The molecule has 3 fully saturated rings. The summed E-state index contributed by atoms with van der Waals surface area (Å²) >= 11 is 0. The molecule has 2 heterocycles. The van der Waals surface area contributed by atoms with E-state index < -0.39 is 12.6 Å². The van der Waals surface area contributed by atoms with Gasteiger partial charge >= 0.3 is 5.97 Å². The van der Waals surface area contributed by atoms with Crippen molar-refractivity contribution in [1.29, 1.82) is 0 Å². The summed E-state index contributed by atoms with van der Waals surface area (Å²) in [5.74, 6) is 1.74. The Morgan fingerprint density at radius 1 is 1.38 bits per heavy atom. The average Bonchev–Trinajstić information content (AvgIpc) is 2.90. The van der Waals surface area contributed by atoms with Gasteiger partial charge in [0.05, 0.1) is 5.60 Å². The SMILES string of the molecule is CC1CCC2C1CC1(C(C)C)CC(OC(=O)CO)C2(C)O1. The Hall–Kier alpha value is -0.610. The van der Waals surface area contributed by atoms with Crippen LogP contribution in [0.2, 0.25) is 0 Å². The number of aliphatic hydroxyl groups excluding tert-OH is 1. The van der Waals surface area contributed by atoms with E-state index in [1.807, 2.05) is 0 Å². The van der Waals surface area contributed by atoms with Gasteiger partial charge in [0.1, 0.15) is 18.3 Å². The summed E-state index contributed by atoms with van der Waals surface area (Å²) in [4.78, 5) is 11.6. The van der Waals surface area contributed by atoms with Crippen LogP contribution in [0.1, 0.15) is 53.4 Å². The quantitative estimate of drug-likeness (QED) is 0.813. The second-order valence-electron chi connectivity index (χ2n) is 7.88. The predicted octanol–water partition coefficient (Wildman–Crippen LogP) is 2.53. The zero-order valence-electron chi connectivity index (χ0n) is 13.6. The highest BCUT2D eigenvalue weighted by Gasteiger charge is 2.66. The van der Waals surface area contributed by atoms with Crippen molar-refractivity contribution < 1.29 is 19.4 Å². The Morgan fingerprint density at radius 3 is 2.71 bits per heavy atom. The number of fused-ring (bicyclic) bond motifs is 4. The maximum atomic E-state index is 11.6. The van der Waals surface area contributed by atoms with Gasteiger partial charge < -0.3 is 14.6 Å². The first kappa shape index (κ1) is 15.3. The van der Waals surface area contributed by atoms with Crippen molar-refractivity contribution in [3.63, 3.8) is 0 Å². The Bertz CT molecular complexity index is 435. The number of hydrogen-bond acceptors (Lipinski definition) is 4. The number of ether oxygens (including phenoxy) is 2. The number of hydrogen-bond donors (Lipinski definition) is 1. The summed E-state index contributed by atoms with van der Waals surface area (Å²) in [6.45, 7) is 8.34. The summed E-state index contributed by atoms with van der Waals surface area (Å²) in [5, 5.41) is 9.01.